The topological polar surface area (TPSA) is 50.9 Å². The fraction of sp³-hybridized carbons (Fsp3) is 0.308. The first-order chi connectivity index (χ1) is 8.24. The first-order valence-electron chi connectivity index (χ1n) is 5.79. The summed E-state index contributed by atoms with van der Waals surface area (Å²) < 4.78 is 1.10. The molecular formula is C13H14BrN3. The van der Waals surface area contributed by atoms with Gasteiger partial charge in [0.25, 0.3) is 0 Å². The van der Waals surface area contributed by atoms with Gasteiger partial charge >= 0.3 is 0 Å². The molecule has 1 aliphatic carbocycles. The van der Waals surface area contributed by atoms with Gasteiger partial charge in [-0.3, -0.25) is 0 Å². The van der Waals surface area contributed by atoms with E-state index in [2.05, 4.69) is 32.3 Å². The zero-order valence-electron chi connectivity index (χ0n) is 9.36. The average molecular weight is 292 g/mol. The van der Waals surface area contributed by atoms with E-state index in [4.69, 9.17) is 5.73 Å². The number of hydrogen-bond donors (Lipinski definition) is 2. The van der Waals surface area contributed by atoms with Crippen molar-refractivity contribution in [1.82, 2.24) is 4.98 Å². The quantitative estimate of drug-likeness (QED) is 0.895. The number of fused-ring (bicyclic) bond motifs is 1. The van der Waals surface area contributed by atoms with Crippen molar-refractivity contribution >= 4 is 32.5 Å². The van der Waals surface area contributed by atoms with Crippen LogP contribution in [-0.2, 0) is 0 Å². The number of hydrogen-bond acceptors (Lipinski definition) is 3. The molecule has 1 heterocycles. The number of benzene rings is 1. The molecule has 1 aromatic carbocycles. The molecule has 17 heavy (non-hydrogen) atoms. The van der Waals surface area contributed by atoms with Crippen LogP contribution < -0.4 is 11.1 Å². The summed E-state index contributed by atoms with van der Waals surface area (Å²) in [5.41, 5.74) is 5.79. The Morgan fingerprint density at radius 3 is 2.82 bits per heavy atom. The largest absolute Gasteiger partial charge is 0.367 e. The normalized spacial score (nSPS) is 23.4. The molecule has 88 valence electrons. The zero-order chi connectivity index (χ0) is 11.8. The van der Waals surface area contributed by atoms with Crippen LogP contribution in [0.15, 0.2) is 34.9 Å². The lowest BCUT2D eigenvalue weighted by Gasteiger charge is -2.33. The van der Waals surface area contributed by atoms with Crippen molar-refractivity contribution in [2.45, 2.75) is 24.9 Å². The Bertz CT molecular complexity index is 549. The number of nitrogens with one attached hydrogen (secondary N) is 1. The summed E-state index contributed by atoms with van der Waals surface area (Å²) in [5, 5.41) is 5.81. The van der Waals surface area contributed by atoms with Crippen molar-refractivity contribution < 1.29 is 0 Å². The van der Waals surface area contributed by atoms with E-state index >= 15 is 0 Å². The molecule has 0 atom stereocenters. The first kappa shape index (κ1) is 11.0. The summed E-state index contributed by atoms with van der Waals surface area (Å²) in [6.45, 7) is 0. The average Bonchev–Trinajstić information content (AvgIpc) is 2.28. The number of pyridine rings is 1. The van der Waals surface area contributed by atoms with Crippen molar-refractivity contribution in [2.24, 2.45) is 5.73 Å². The molecule has 3 rings (SSSR count). The summed E-state index contributed by atoms with van der Waals surface area (Å²) in [6.07, 6.45) is 3.91. The smallest absolute Gasteiger partial charge is 0.134 e. The summed E-state index contributed by atoms with van der Waals surface area (Å²) in [5.74, 6) is 0.959. The number of rotatable bonds is 2. The molecule has 0 unspecified atom stereocenters. The van der Waals surface area contributed by atoms with Crippen LogP contribution in [0.2, 0.25) is 0 Å². The third-order valence-corrected chi connectivity index (χ3v) is 3.96. The van der Waals surface area contributed by atoms with Crippen LogP contribution >= 0.6 is 15.9 Å². The Balaban J connectivity index is 1.96. The second-order valence-electron chi connectivity index (χ2n) is 4.57. The highest BCUT2D eigenvalue weighted by molar-refractivity contribution is 9.10. The molecule has 1 aromatic heterocycles. The Hall–Kier alpha value is -1.13. The molecule has 0 saturated heterocycles. The molecule has 0 spiro atoms. The summed E-state index contributed by atoms with van der Waals surface area (Å²) >= 11 is 3.56. The van der Waals surface area contributed by atoms with E-state index in [0.717, 1.165) is 28.5 Å². The summed E-state index contributed by atoms with van der Waals surface area (Å²) in [4.78, 5) is 4.42. The minimum absolute atomic E-state index is 0.356. The zero-order valence-corrected chi connectivity index (χ0v) is 10.9. The third kappa shape index (κ3) is 2.03. The van der Waals surface area contributed by atoms with Gasteiger partial charge in [0.1, 0.15) is 5.82 Å². The molecule has 2 aromatic rings. The Kier molecular flexibility index (Phi) is 2.76. The van der Waals surface area contributed by atoms with E-state index in [0.29, 0.717) is 12.1 Å². The second-order valence-corrected chi connectivity index (χ2v) is 5.42. The SMILES string of the molecule is NC1CC(Nc2nccc3c(Br)cccc23)C1. The van der Waals surface area contributed by atoms with E-state index in [9.17, 15) is 0 Å². The Labute approximate surface area is 109 Å². The Morgan fingerprint density at radius 2 is 2.06 bits per heavy atom. The van der Waals surface area contributed by atoms with E-state index in [1.165, 1.54) is 5.39 Å². The standard InChI is InChI=1S/C13H14BrN3/c14-12-3-1-2-11-10(12)4-5-16-13(11)17-9-6-8(15)7-9/h1-5,8-9H,6-7,15H2,(H,16,17). The van der Waals surface area contributed by atoms with Gasteiger partial charge in [-0.2, -0.15) is 0 Å². The molecule has 1 saturated carbocycles. The molecule has 1 aliphatic rings. The van der Waals surface area contributed by atoms with Crippen LogP contribution in [0, 0.1) is 0 Å². The maximum atomic E-state index is 5.79. The van der Waals surface area contributed by atoms with Crippen molar-refractivity contribution in [3.8, 4) is 0 Å². The first-order valence-corrected chi connectivity index (χ1v) is 6.58. The van der Waals surface area contributed by atoms with Gasteiger partial charge in [0.15, 0.2) is 0 Å². The number of halogens is 1. The van der Waals surface area contributed by atoms with Crippen LogP contribution in [-0.4, -0.2) is 17.1 Å². The monoisotopic (exact) mass is 291 g/mol. The van der Waals surface area contributed by atoms with Crippen LogP contribution in [0.25, 0.3) is 10.8 Å². The maximum Gasteiger partial charge on any atom is 0.134 e. The molecule has 3 N–H and O–H groups in total. The molecule has 0 amide bonds. The van der Waals surface area contributed by atoms with E-state index in [1.54, 1.807) is 0 Å². The lowest BCUT2D eigenvalue weighted by Crippen LogP contribution is -2.44. The van der Waals surface area contributed by atoms with Gasteiger partial charge in [0, 0.05) is 33.5 Å². The minimum atomic E-state index is 0.356. The lowest BCUT2D eigenvalue weighted by molar-refractivity contribution is 0.373. The summed E-state index contributed by atoms with van der Waals surface area (Å²) in [7, 11) is 0. The molecule has 0 bridgehead atoms. The van der Waals surface area contributed by atoms with Gasteiger partial charge in [-0.25, -0.2) is 4.98 Å². The Morgan fingerprint density at radius 1 is 1.24 bits per heavy atom. The van der Waals surface area contributed by atoms with Gasteiger partial charge in [-0.1, -0.05) is 28.1 Å². The molecule has 4 heteroatoms. The highest BCUT2D eigenvalue weighted by atomic mass is 79.9. The van der Waals surface area contributed by atoms with Crippen LogP contribution in [0.4, 0.5) is 5.82 Å². The number of nitrogens with two attached hydrogens (primary N) is 1. The van der Waals surface area contributed by atoms with E-state index in [1.807, 2.05) is 24.4 Å². The van der Waals surface area contributed by atoms with Crippen LogP contribution in [0.1, 0.15) is 12.8 Å². The molecule has 0 aliphatic heterocycles. The minimum Gasteiger partial charge on any atom is -0.367 e. The van der Waals surface area contributed by atoms with E-state index < -0.39 is 0 Å². The highest BCUT2D eigenvalue weighted by Gasteiger charge is 2.26. The van der Waals surface area contributed by atoms with Gasteiger partial charge in [-0.05, 0) is 25.0 Å². The van der Waals surface area contributed by atoms with Crippen molar-refractivity contribution in [2.75, 3.05) is 5.32 Å². The number of anilines is 1. The predicted molar refractivity (Wildman–Crippen MR) is 74.1 cm³/mol. The van der Waals surface area contributed by atoms with Crippen LogP contribution in [0.3, 0.4) is 0 Å². The summed E-state index contributed by atoms with van der Waals surface area (Å²) in [6, 6.07) is 9.03. The molecule has 0 radical (unpaired) electrons. The van der Waals surface area contributed by atoms with Gasteiger partial charge in [-0.15, -0.1) is 0 Å². The van der Waals surface area contributed by atoms with Crippen molar-refractivity contribution in [1.29, 1.82) is 0 Å². The van der Waals surface area contributed by atoms with E-state index in [-0.39, 0.29) is 0 Å². The fourth-order valence-corrected chi connectivity index (χ4v) is 2.76. The number of nitrogens with zero attached hydrogens (tertiary/aromatic N) is 1. The van der Waals surface area contributed by atoms with Crippen LogP contribution in [0.5, 0.6) is 0 Å². The third-order valence-electron chi connectivity index (χ3n) is 3.27. The highest BCUT2D eigenvalue weighted by Crippen LogP contribution is 2.30. The second kappa shape index (κ2) is 4.27. The van der Waals surface area contributed by atoms with Gasteiger partial charge in [0.2, 0.25) is 0 Å². The predicted octanol–water partition coefficient (Wildman–Crippen LogP) is 2.90. The number of aromatic nitrogens is 1. The fourth-order valence-electron chi connectivity index (χ4n) is 2.26. The molecular weight excluding hydrogens is 278 g/mol. The molecule has 3 nitrogen and oxygen atoms in total. The lowest BCUT2D eigenvalue weighted by atomic mass is 9.87. The maximum absolute atomic E-state index is 5.79. The molecule has 1 fully saturated rings. The van der Waals surface area contributed by atoms with Crippen molar-refractivity contribution in [3.63, 3.8) is 0 Å². The van der Waals surface area contributed by atoms with Crippen molar-refractivity contribution in [3.05, 3.63) is 34.9 Å². The van der Waals surface area contributed by atoms with Gasteiger partial charge in [0.05, 0.1) is 0 Å². The van der Waals surface area contributed by atoms with Gasteiger partial charge < -0.3 is 11.1 Å².